The van der Waals surface area contributed by atoms with Crippen molar-refractivity contribution in [2.75, 3.05) is 26.3 Å². The van der Waals surface area contributed by atoms with E-state index in [0.717, 1.165) is 25.9 Å². The van der Waals surface area contributed by atoms with E-state index in [2.05, 4.69) is 10.6 Å². The van der Waals surface area contributed by atoms with E-state index in [-0.39, 0.29) is 18.1 Å². The average molecular weight is 170 g/mol. The summed E-state index contributed by atoms with van der Waals surface area (Å²) >= 11 is 0. The van der Waals surface area contributed by atoms with Crippen LogP contribution in [0, 0.1) is 0 Å². The highest BCUT2D eigenvalue weighted by Gasteiger charge is 2.36. The van der Waals surface area contributed by atoms with Crippen LogP contribution in [0.1, 0.15) is 12.8 Å². The van der Waals surface area contributed by atoms with Crippen LogP contribution in [0.3, 0.4) is 0 Å². The molecule has 1 unspecified atom stereocenters. The van der Waals surface area contributed by atoms with Gasteiger partial charge in [0.05, 0.1) is 12.1 Å². The summed E-state index contributed by atoms with van der Waals surface area (Å²) in [6, 6.07) is 0. The van der Waals surface area contributed by atoms with Gasteiger partial charge in [0.25, 0.3) is 0 Å². The van der Waals surface area contributed by atoms with Crippen LogP contribution in [0.5, 0.6) is 0 Å². The number of hydrogen-bond acceptors (Lipinski definition) is 3. The Morgan fingerprint density at radius 3 is 3.08 bits per heavy atom. The van der Waals surface area contributed by atoms with E-state index in [9.17, 15) is 4.79 Å². The van der Waals surface area contributed by atoms with Gasteiger partial charge in [0, 0.05) is 6.54 Å². The molecular weight excluding hydrogens is 156 g/mol. The van der Waals surface area contributed by atoms with E-state index in [1.807, 2.05) is 0 Å². The zero-order chi connectivity index (χ0) is 8.44. The van der Waals surface area contributed by atoms with Crippen LogP contribution < -0.4 is 10.6 Å². The number of morpholine rings is 1. The van der Waals surface area contributed by atoms with Crippen LogP contribution in [-0.2, 0) is 9.53 Å². The molecule has 2 aliphatic heterocycles. The summed E-state index contributed by atoms with van der Waals surface area (Å²) < 4.78 is 5.22. The lowest BCUT2D eigenvalue weighted by molar-refractivity contribution is -0.136. The topological polar surface area (TPSA) is 50.4 Å². The maximum Gasteiger partial charge on any atom is 0.246 e. The second-order valence-corrected chi connectivity index (χ2v) is 3.60. The molecule has 2 aliphatic rings. The highest BCUT2D eigenvalue weighted by molar-refractivity contribution is 5.78. The normalized spacial score (nSPS) is 36.5. The van der Waals surface area contributed by atoms with Gasteiger partial charge in [-0.05, 0) is 19.4 Å². The van der Waals surface area contributed by atoms with Crippen molar-refractivity contribution >= 4 is 5.91 Å². The first-order valence-electron chi connectivity index (χ1n) is 4.40. The third-order valence-electron chi connectivity index (χ3n) is 2.49. The average Bonchev–Trinajstić information content (AvgIpc) is 2.05. The Morgan fingerprint density at radius 1 is 1.50 bits per heavy atom. The minimum absolute atomic E-state index is 0.0185. The molecule has 0 bridgehead atoms. The molecule has 1 spiro atoms. The summed E-state index contributed by atoms with van der Waals surface area (Å²) in [5, 5.41) is 6.28. The first kappa shape index (κ1) is 8.01. The van der Waals surface area contributed by atoms with Crippen molar-refractivity contribution < 1.29 is 9.53 Å². The van der Waals surface area contributed by atoms with Gasteiger partial charge in [-0.1, -0.05) is 0 Å². The highest BCUT2D eigenvalue weighted by atomic mass is 16.5. The third-order valence-corrected chi connectivity index (χ3v) is 2.49. The molecule has 0 aromatic rings. The second-order valence-electron chi connectivity index (χ2n) is 3.60. The van der Waals surface area contributed by atoms with Crippen LogP contribution in [0.15, 0.2) is 0 Å². The van der Waals surface area contributed by atoms with Gasteiger partial charge in [0.1, 0.15) is 6.61 Å². The lowest BCUT2D eigenvalue weighted by Gasteiger charge is -2.40. The van der Waals surface area contributed by atoms with Gasteiger partial charge in [0.2, 0.25) is 5.91 Å². The summed E-state index contributed by atoms with van der Waals surface area (Å²) in [5.41, 5.74) is -0.104. The largest absolute Gasteiger partial charge is 0.369 e. The first-order valence-corrected chi connectivity index (χ1v) is 4.40. The Hall–Kier alpha value is -0.610. The summed E-state index contributed by atoms with van der Waals surface area (Å²) in [7, 11) is 0. The Labute approximate surface area is 71.7 Å². The standard InChI is InChI=1S/C8H14N2O2/c11-7-4-12-6-8(10-7)2-1-3-9-5-8/h9H,1-6H2,(H,10,11). The number of rotatable bonds is 0. The minimum atomic E-state index is -0.104. The fraction of sp³-hybridized carbons (Fsp3) is 0.875. The Kier molecular flexibility index (Phi) is 2.02. The lowest BCUT2D eigenvalue weighted by Crippen LogP contribution is -2.63. The SMILES string of the molecule is O=C1COCC2(CCCNC2)N1. The van der Waals surface area contributed by atoms with Crippen molar-refractivity contribution in [3.05, 3.63) is 0 Å². The minimum Gasteiger partial charge on any atom is -0.369 e. The van der Waals surface area contributed by atoms with Gasteiger partial charge >= 0.3 is 0 Å². The van der Waals surface area contributed by atoms with Gasteiger partial charge in [-0.15, -0.1) is 0 Å². The molecule has 0 aromatic heterocycles. The van der Waals surface area contributed by atoms with E-state index >= 15 is 0 Å². The smallest absolute Gasteiger partial charge is 0.246 e. The Bertz CT molecular complexity index is 182. The Morgan fingerprint density at radius 2 is 2.42 bits per heavy atom. The summed E-state index contributed by atoms with van der Waals surface area (Å²) in [5.74, 6) is 0.0185. The van der Waals surface area contributed by atoms with Gasteiger partial charge in [-0.25, -0.2) is 0 Å². The van der Waals surface area contributed by atoms with Crippen molar-refractivity contribution in [2.24, 2.45) is 0 Å². The Balaban J connectivity index is 2.02. The predicted molar refractivity (Wildman–Crippen MR) is 43.8 cm³/mol. The number of amides is 1. The van der Waals surface area contributed by atoms with Crippen LogP contribution in [0.2, 0.25) is 0 Å². The molecule has 2 saturated heterocycles. The van der Waals surface area contributed by atoms with Crippen molar-refractivity contribution in [2.45, 2.75) is 18.4 Å². The number of nitrogens with one attached hydrogen (secondary N) is 2. The van der Waals surface area contributed by atoms with E-state index < -0.39 is 0 Å². The lowest BCUT2D eigenvalue weighted by atomic mass is 9.90. The molecule has 1 atom stereocenters. The molecule has 2 rings (SSSR count). The number of carbonyl (C=O) groups excluding carboxylic acids is 1. The van der Waals surface area contributed by atoms with Crippen molar-refractivity contribution in [3.63, 3.8) is 0 Å². The molecule has 2 heterocycles. The fourth-order valence-corrected chi connectivity index (χ4v) is 1.90. The van der Waals surface area contributed by atoms with Gasteiger partial charge < -0.3 is 15.4 Å². The molecule has 2 N–H and O–H groups in total. The fourth-order valence-electron chi connectivity index (χ4n) is 1.90. The molecule has 2 fully saturated rings. The van der Waals surface area contributed by atoms with Gasteiger partial charge in [-0.3, -0.25) is 4.79 Å². The van der Waals surface area contributed by atoms with E-state index in [0.29, 0.717) is 6.61 Å². The monoisotopic (exact) mass is 170 g/mol. The van der Waals surface area contributed by atoms with E-state index in [1.165, 1.54) is 0 Å². The molecule has 4 heteroatoms. The molecule has 12 heavy (non-hydrogen) atoms. The van der Waals surface area contributed by atoms with Gasteiger partial charge in [-0.2, -0.15) is 0 Å². The third kappa shape index (κ3) is 1.44. The molecule has 1 amide bonds. The van der Waals surface area contributed by atoms with E-state index in [1.54, 1.807) is 0 Å². The summed E-state index contributed by atoms with van der Waals surface area (Å²) in [6.07, 6.45) is 2.15. The zero-order valence-electron chi connectivity index (χ0n) is 7.06. The number of hydrogen-bond donors (Lipinski definition) is 2. The molecule has 68 valence electrons. The van der Waals surface area contributed by atoms with Crippen molar-refractivity contribution in [1.82, 2.24) is 10.6 Å². The number of piperidine rings is 1. The molecule has 0 saturated carbocycles. The highest BCUT2D eigenvalue weighted by Crippen LogP contribution is 2.18. The zero-order valence-corrected chi connectivity index (χ0v) is 7.06. The molecule has 4 nitrogen and oxygen atoms in total. The van der Waals surface area contributed by atoms with E-state index in [4.69, 9.17) is 4.74 Å². The summed E-state index contributed by atoms with van der Waals surface area (Å²) in [4.78, 5) is 11.1. The van der Waals surface area contributed by atoms with Crippen LogP contribution in [0.25, 0.3) is 0 Å². The first-order chi connectivity index (χ1) is 5.81. The quantitative estimate of drug-likeness (QED) is 0.503. The number of carbonyl (C=O) groups is 1. The van der Waals surface area contributed by atoms with Gasteiger partial charge in [0.15, 0.2) is 0 Å². The van der Waals surface area contributed by atoms with Crippen LogP contribution in [-0.4, -0.2) is 37.7 Å². The molecule has 0 aliphatic carbocycles. The number of ether oxygens (including phenoxy) is 1. The molecule has 0 aromatic carbocycles. The second kappa shape index (κ2) is 3.03. The predicted octanol–water partition coefficient (Wildman–Crippen LogP) is -0.745. The molecule has 0 radical (unpaired) electrons. The van der Waals surface area contributed by atoms with Crippen molar-refractivity contribution in [3.8, 4) is 0 Å². The maximum absolute atomic E-state index is 11.1. The van der Waals surface area contributed by atoms with Crippen LogP contribution >= 0.6 is 0 Å². The van der Waals surface area contributed by atoms with Crippen LogP contribution in [0.4, 0.5) is 0 Å². The van der Waals surface area contributed by atoms with Crippen molar-refractivity contribution in [1.29, 1.82) is 0 Å². The summed E-state index contributed by atoms with van der Waals surface area (Å²) in [6.45, 7) is 2.78. The molecular formula is C8H14N2O2. The maximum atomic E-state index is 11.1.